The molecule has 0 saturated heterocycles. The van der Waals surface area contributed by atoms with Gasteiger partial charge in [-0.3, -0.25) is 4.79 Å². The zero-order valence-corrected chi connectivity index (χ0v) is 12.7. The van der Waals surface area contributed by atoms with E-state index in [0.717, 1.165) is 17.9 Å². The fraction of sp³-hybridized carbons (Fsp3) is 0.235. The van der Waals surface area contributed by atoms with Crippen LogP contribution in [0.3, 0.4) is 0 Å². The molecule has 0 heterocycles. The smallest absolute Gasteiger partial charge is 0.255 e. The van der Waals surface area contributed by atoms with Crippen molar-refractivity contribution in [3.63, 3.8) is 0 Å². The predicted octanol–water partition coefficient (Wildman–Crippen LogP) is 4.36. The maximum atomic E-state index is 12.3. The SMILES string of the molecule is CCc1cccc(NC(=O)c2cccc(CSC)c2)c1. The van der Waals surface area contributed by atoms with Crippen molar-refractivity contribution in [3.05, 3.63) is 65.2 Å². The summed E-state index contributed by atoms with van der Waals surface area (Å²) in [4.78, 5) is 12.3. The van der Waals surface area contributed by atoms with Crippen molar-refractivity contribution < 1.29 is 4.79 Å². The monoisotopic (exact) mass is 285 g/mol. The van der Waals surface area contributed by atoms with E-state index in [1.165, 1.54) is 11.1 Å². The molecular formula is C17H19NOS. The maximum Gasteiger partial charge on any atom is 0.255 e. The molecule has 3 heteroatoms. The summed E-state index contributed by atoms with van der Waals surface area (Å²) in [5.41, 5.74) is 3.95. The highest BCUT2D eigenvalue weighted by molar-refractivity contribution is 7.97. The highest BCUT2D eigenvalue weighted by atomic mass is 32.2. The van der Waals surface area contributed by atoms with Gasteiger partial charge in [-0.2, -0.15) is 11.8 Å². The summed E-state index contributed by atoms with van der Waals surface area (Å²) >= 11 is 1.75. The first kappa shape index (κ1) is 14.7. The Morgan fingerprint density at radius 2 is 1.85 bits per heavy atom. The Morgan fingerprint density at radius 1 is 1.10 bits per heavy atom. The molecule has 104 valence electrons. The van der Waals surface area contributed by atoms with Crippen molar-refractivity contribution in [1.29, 1.82) is 0 Å². The van der Waals surface area contributed by atoms with E-state index in [4.69, 9.17) is 0 Å². The van der Waals surface area contributed by atoms with Crippen LogP contribution in [0.2, 0.25) is 0 Å². The first-order valence-electron chi connectivity index (χ1n) is 6.71. The fourth-order valence-corrected chi connectivity index (χ4v) is 2.55. The molecular weight excluding hydrogens is 266 g/mol. The van der Waals surface area contributed by atoms with E-state index in [9.17, 15) is 4.79 Å². The number of rotatable bonds is 5. The number of carbonyl (C=O) groups is 1. The van der Waals surface area contributed by atoms with E-state index in [2.05, 4.69) is 24.6 Å². The van der Waals surface area contributed by atoms with Crippen LogP contribution in [-0.2, 0) is 12.2 Å². The average Bonchev–Trinajstić information content (AvgIpc) is 2.48. The number of benzene rings is 2. The molecule has 0 aliphatic rings. The van der Waals surface area contributed by atoms with E-state index in [1.807, 2.05) is 42.5 Å². The zero-order valence-electron chi connectivity index (χ0n) is 11.8. The molecule has 2 rings (SSSR count). The highest BCUT2D eigenvalue weighted by Gasteiger charge is 2.07. The number of anilines is 1. The lowest BCUT2D eigenvalue weighted by atomic mass is 10.1. The molecule has 1 N–H and O–H groups in total. The molecule has 0 aromatic heterocycles. The summed E-state index contributed by atoms with van der Waals surface area (Å²) in [6.07, 6.45) is 3.02. The molecule has 0 unspecified atom stereocenters. The van der Waals surface area contributed by atoms with E-state index in [1.54, 1.807) is 11.8 Å². The number of hydrogen-bond donors (Lipinski definition) is 1. The molecule has 0 atom stereocenters. The lowest BCUT2D eigenvalue weighted by molar-refractivity contribution is 0.102. The summed E-state index contributed by atoms with van der Waals surface area (Å²) in [6.45, 7) is 2.10. The molecule has 1 amide bonds. The number of thioether (sulfide) groups is 1. The van der Waals surface area contributed by atoms with Gasteiger partial charge >= 0.3 is 0 Å². The van der Waals surface area contributed by atoms with Gasteiger partial charge < -0.3 is 5.32 Å². The normalized spacial score (nSPS) is 10.3. The minimum atomic E-state index is -0.0544. The van der Waals surface area contributed by atoms with Crippen LogP contribution in [-0.4, -0.2) is 12.2 Å². The van der Waals surface area contributed by atoms with Gasteiger partial charge in [-0.1, -0.05) is 31.2 Å². The Balaban J connectivity index is 2.12. The standard InChI is InChI=1S/C17H19NOS/c1-3-13-6-5-9-16(11-13)18-17(19)15-8-4-7-14(10-15)12-20-2/h4-11H,3,12H2,1-2H3,(H,18,19). The van der Waals surface area contributed by atoms with Gasteiger partial charge in [0.15, 0.2) is 0 Å². The molecule has 2 aromatic carbocycles. The Morgan fingerprint density at radius 3 is 2.60 bits per heavy atom. The van der Waals surface area contributed by atoms with E-state index in [0.29, 0.717) is 5.56 Å². The topological polar surface area (TPSA) is 29.1 Å². The third kappa shape index (κ3) is 3.87. The van der Waals surface area contributed by atoms with Crippen LogP contribution in [0.25, 0.3) is 0 Å². The van der Waals surface area contributed by atoms with Crippen molar-refractivity contribution in [3.8, 4) is 0 Å². The van der Waals surface area contributed by atoms with Crippen molar-refractivity contribution >= 4 is 23.4 Å². The second kappa shape index (κ2) is 7.15. The summed E-state index contributed by atoms with van der Waals surface area (Å²) in [5.74, 6) is 0.869. The molecule has 0 fully saturated rings. The van der Waals surface area contributed by atoms with Gasteiger partial charge in [0, 0.05) is 17.0 Å². The minimum absolute atomic E-state index is 0.0544. The number of aryl methyl sites for hydroxylation is 1. The first-order valence-corrected chi connectivity index (χ1v) is 8.10. The van der Waals surface area contributed by atoms with Crippen LogP contribution in [0.5, 0.6) is 0 Å². The van der Waals surface area contributed by atoms with Crippen LogP contribution in [0.1, 0.15) is 28.4 Å². The first-order chi connectivity index (χ1) is 9.72. The molecule has 0 aliphatic heterocycles. The van der Waals surface area contributed by atoms with Gasteiger partial charge in [0.1, 0.15) is 0 Å². The molecule has 0 saturated carbocycles. The van der Waals surface area contributed by atoms with Gasteiger partial charge in [0.2, 0.25) is 0 Å². The van der Waals surface area contributed by atoms with Crippen molar-refractivity contribution in [2.75, 3.05) is 11.6 Å². The predicted molar refractivity (Wildman–Crippen MR) is 87.4 cm³/mol. The Hall–Kier alpha value is -1.74. The minimum Gasteiger partial charge on any atom is -0.322 e. The van der Waals surface area contributed by atoms with Gasteiger partial charge in [0.25, 0.3) is 5.91 Å². The summed E-state index contributed by atoms with van der Waals surface area (Å²) in [6, 6.07) is 15.8. The second-order valence-corrected chi connectivity index (χ2v) is 5.51. The van der Waals surface area contributed by atoms with Crippen molar-refractivity contribution in [1.82, 2.24) is 0 Å². The van der Waals surface area contributed by atoms with Crippen LogP contribution in [0, 0.1) is 0 Å². The quantitative estimate of drug-likeness (QED) is 0.884. The molecule has 0 spiro atoms. The van der Waals surface area contributed by atoms with E-state index in [-0.39, 0.29) is 5.91 Å². The lowest BCUT2D eigenvalue weighted by Crippen LogP contribution is -2.12. The maximum absolute atomic E-state index is 12.3. The average molecular weight is 285 g/mol. The van der Waals surface area contributed by atoms with Crippen LogP contribution >= 0.6 is 11.8 Å². The van der Waals surface area contributed by atoms with Gasteiger partial charge in [-0.15, -0.1) is 0 Å². The number of nitrogens with one attached hydrogen (secondary N) is 1. The molecule has 0 radical (unpaired) electrons. The molecule has 0 bridgehead atoms. The third-order valence-corrected chi connectivity index (χ3v) is 3.72. The number of carbonyl (C=O) groups excluding carboxylic acids is 1. The van der Waals surface area contributed by atoms with Crippen molar-refractivity contribution in [2.45, 2.75) is 19.1 Å². The molecule has 20 heavy (non-hydrogen) atoms. The Kier molecular flexibility index (Phi) is 5.24. The Bertz CT molecular complexity index is 595. The van der Waals surface area contributed by atoms with Crippen LogP contribution in [0.4, 0.5) is 5.69 Å². The largest absolute Gasteiger partial charge is 0.322 e. The van der Waals surface area contributed by atoms with Gasteiger partial charge in [-0.05, 0) is 48.1 Å². The number of hydrogen-bond acceptors (Lipinski definition) is 2. The molecule has 0 aliphatic carbocycles. The summed E-state index contributed by atoms with van der Waals surface area (Å²) in [5, 5.41) is 2.96. The summed E-state index contributed by atoms with van der Waals surface area (Å²) in [7, 11) is 0. The molecule has 2 aromatic rings. The van der Waals surface area contributed by atoms with Gasteiger partial charge in [0.05, 0.1) is 0 Å². The molecule has 2 nitrogen and oxygen atoms in total. The van der Waals surface area contributed by atoms with Crippen LogP contribution in [0.15, 0.2) is 48.5 Å². The Labute approximate surface area is 124 Å². The van der Waals surface area contributed by atoms with Crippen molar-refractivity contribution in [2.24, 2.45) is 0 Å². The fourth-order valence-electron chi connectivity index (χ4n) is 2.04. The summed E-state index contributed by atoms with van der Waals surface area (Å²) < 4.78 is 0. The van der Waals surface area contributed by atoms with E-state index < -0.39 is 0 Å². The van der Waals surface area contributed by atoms with Gasteiger partial charge in [-0.25, -0.2) is 0 Å². The lowest BCUT2D eigenvalue weighted by Gasteiger charge is -2.08. The zero-order chi connectivity index (χ0) is 14.4. The highest BCUT2D eigenvalue weighted by Crippen LogP contribution is 2.15. The number of amides is 1. The van der Waals surface area contributed by atoms with E-state index >= 15 is 0 Å². The van der Waals surface area contributed by atoms with Crippen LogP contribution < -0.4 is 5.32 Å². The second-order valence-electron chi connectivity index (χ2n) is 4.64. The third-order valence-electron chi connectivity index (χ3n) is 3.09.